The van der Waals surface area contributed by atoms with Crippen LogP contribution in [0.1, 0.15) is 6.42 Å². The van der Waals surface area contributed by atoms with Gasteiger partial charge in [-0.05, 0) is 6.42 Å². The molecule has 1 radical (unpaired) electrons. The summed E-state index contributed by atoms with van der Waals surface area (Å²) in [6, 6.07) is 0. The molecule has 0 bridgehead atoms. The SMILES string of the molecule is COC(=O)NCCC[NH]. The maximum absolute atomic E-state index is 10.3. The molecular weight excluding hydrogens is 120 g/mol. The van der Waals surface area contributed by atoms with Gasteiger partial charge in [-0.3, -0.25) is 5.73 Å². The van der Waals surface area contributed by atoms with Crippen molar-refractivity contribution in [1.82, 2.24) is 11.1 Å². The van der Waals surface area contributed by atoms with Gasteiger partial charge in [-0.25, -0.2) is 4.79 Å². The van der Waals surface area contributed by atoms with Gasteiger partial charge in [0.05, 0.1) is 7.11 Å². The predicted octanol–water partition coefficient (Wildman–Crippen LogP) is 0.0154. The first-order valence-corrected chi connectivity index (χ1v) is 2.77. The van der Waals surface area contributed by atoms with E-state index in [1.807, 2.05) is 0 Å². The second-order valence-corrected chi connectivity index (χ2v) is 1.52. The average molecular weight is 131 g/mol. The molecule has 0 spiro atoms. The molecule has 0 atom stereocenters. The Bertz CT molecular complexity index is 85.0. The summed E-state index contributed by atoms with van der Waals surface area (Å²) in [6.07, 6.45) is 0.248. The number of amides is 1. The topological polar surface area (TPSA) is 62.1 Å². The number of methoxy groups -OCH3 is 1. The van der Waals surface area contributed by atoms with Gasteiger partial charge >= 0.3 is 6.09 Å². The van der Waals surface area contributed by atoms with Crippen LogP contribution in [0.2, 0.25) is 0 Å². The molecule has 0 rings (SSSR count). The number of hydrogen-bond donors (Lipinski definition) is 1. The van der Waals surface area contributed by atoms with Crippen molar-refractivity contribution in [3.8, 4) is 0 Å². The summed E-state index contributed by atoms with van der Waals surface area (Å²) < 4.78 is 4.29. The third-order valence-electron chi connectivity index (χ3n) is 0.808. The van der Waals surface area contributed by atoms with Gasteiger partial charge in [0, 0.05) is 13.1 Å². The van der Waals surface area contributed by atoms with Crippen molar-refractivity contribution in [1.29, 1.82) is 0 Å². The molecule has 0 aliphatic rings. The quantitative estimate of drug-likeness (QED) is 0.548. The van der Waals surface area contributed by atoms with Gasteiger partial charge in [0.25, 0.3) is 0 Å². The first kappa shape index (κ1) is 8.23. The fourth-order valence-corrected chi connectivity index (χ4v) is 0.351. The highest BCUT2D eigenvalue weighted by molar-refractivity contribution is 5.66. The third kappa shape index (κ3) is 5.10. The van der Waals surface area contributed by atoms with Crippen molar-refractivity contribution in [2.75, 3.05) is 20.2 Å². The van der Waals surface area contributed by atoms with Crippen LogP contribution in [0.4, 0.5) is 4.79 Å². The van der Waals surface area contributed by atoms with Gasteiger partial charge in [0.15, 0.2) is 0 Å². The number of alkyl carbamates (subject to hydrolysis) is 1. The molecule has 1 amide bonds. The maximum atomic E-state index is 10.3. The van der Waals surface area contributed by atoms with Gasteiger partial charge in [-0.1, -0.05) is 0 Å². The fourth-order valence-electron chi connectivity index (χ4n) is 0.351. The van der Waals surface area contributed by atoms with E-state index in [-0.39, 0.29) is 0 Å². The zero-order chi connectivity index (χ0) is 7.11. The second-order valence-electron chi connectivity index (χ2n) is 1.52. The van der Waals surface area contributed by atoms with Crippen LogP contribution in [0.25, 0.3) is 0 Å². The van der Waals surface area contributed by atoms with Crippen LogP contribution in [-0.2, 0) is 4.74 Å². The Kier molecular flexibility index (Phi) is 4.91. The Labute approximate surface area is 54.4 Å². The smallest absolute Gasteiger partial charge is 0.406 e. The van der Waals surface area contributed by atoms with Crippen molar-refractivity contribution < 1.29 is 9.53 Å². The van der Waals surface area contributed by atoms with E-state index < -0.39 is 6.09 Å². The predicted molar refractivity (Wildman–Crippen MR) is 33.0 cm³/mol. The highest BCUT2D eigenvalue weighted by Crippen LogP contribution is 1.73. The van der Waals surface area contributed by atoms with Crippen molar-refractivity contribution >= 4 is 6.09 Å². The van der Waals surface area contributed by atoms with Crippen LogP contribution < -0.4 is 11.1 Å². The molecule has 0 unspecified atom stereocenters. The normalized spacial score (nSPS) is 8.67. The summed E-state index contributed by atoms with van der Waals surface area (Å²) in [5, 5.41) is 2.45. The molecule has 0 aromatic carbocycles. The lowest BCUT2D eigenvalue weighted by Crippen LogP contribution is -2.24. The molecule has 53 valence electrons. The number of carbonyl (C=O) groups is 1. The van der Waals surface area contributed by atoms with E-state index in [0.29, 0.717) is 19.5 Å². The number of rotatable bonds is 3. The minimum Gasteiger partial charge on any atom is -0.453 e. The van der Waals surface area contributed by atoms with E-state index in [0.717, 1.165) is 0 Å². The molecule has 0 aliphatic heterocycles. The van der Waals surface area contributed by atoms with Gasteiger partial charge in [0.2, 0.25) is 0 Å². The average Bonchev–Trinajstić information content (AvgIpc) is 1.89. The Hall–Kier alpha value is -0.770. The largest absolute Gasteiger partial charge is 0.453 e. The molecule has 0 heterocycles. The number of carbonyl (C=O) groups excluding carboxylic acids is 1. The Balaban J connectivity index is 2.97. The van der Waals surface area contributed by atoms with Crippen LogP contribution in [0, 0.1) is 0 Å². The van der Waals surface area contributed by atoms with E-state index in [1.165, 1.54) is 7.11 Å². The summed E-state index contributed by atoms with van der Waals surface area (Å²) in [5.74, 6) is 0. The van der Waals surface area contributed by atoms with Crippen LogP contribution in [0.15, 0.2) is 0 Å². The minimum absolute atomic E-state index is 0.337. The molecule has 9 heavy (non-hydrogen) atoms. The van der Waals surface area contributed by atoms with Crippen molar-refractivity contribution in [3.63, 3.8) is 0 Å². The monoisotopic (exact) mass is 131 g/mol. The van der Waals surface area contributed by atoms with Crippen molar-refractivity contribution in [3.05, 3.63) is 0 Å². The minimum atomic E-state index is -0.427. The zero-order valence-electron chi connectivity index (χ0n) is 5.44. The molecule has 0 aromatic heterocycles. The molecule has 4 heteroatoms. The van der Waals surface area contributed by atoms with Crippen LogP contribution in [0.3, 0.4) is 0 Å². The molecule has 4 nitrogen and oxygen atoms in total. The Morgan fingerprint density at radius 2 is 2.44 bits per heavy atom. The summed E-state index contributed by atoms with van der Waals surface area (Å²) in [6.45, 7) is 0.861. The van der Waals surface area contributed by atoms with Crippen molar-refractivity contribution in [2.45, 2.75) is 6.42 Å². The van der Waals surface area contributed by atoms with Crippen molar-refractivity contribution in [2.24, 2.45) is 0 Å². The Morgan fingerprint density at radius 1 is 1.78 bits per heavy atom. The first-order valence-electron chi connectivity index (χ1n) is 2.77. The first-order chi connectivity index (χ1) is 4.31. The Morgan fingerprint density at radius 3 is 2.89 bits per heavy atom. The summed E-state index contributed by atoms with van der Waals surface area (Å²) in [7, 11) is 1.32. The molecule has 0 aliphatic carbocycles. The molecular formula is C5H11N2O2. The van der Waals surface area contributed by atoms with Gasteiger partial charge in [-0.2, -0.15) is 0 Å². The van der Waals surface area contributed by atoms with E-state index in [9.17, 15) is 4.79 Å². The highest BCUT2D eigenvalue weighted by Gasteiger charge is 1.93. The zero-order valence-corrected chi connectivity index (χ0v) is 5.44. The lowest BCUT2D eigenvalue weighted by atomic mass is 10.4. The highest BCUT2D eigenvalue weighted by atomic mass is 16.5. The van der Waals surface area contributed by atoms with Crippen LogP contribution >= 0.6 is 0 Å². The second kappa shape index (κ2) is 5.37. The van der Waals surface area contributed by atoms with Gasteiger partial charge in [-0.15, -0.1) is 0 Å². The lowest BCUT2D eigenvalue weighted by Gasteiger charge is -1.99. The molecule has 0 saturated heterocycles. The number of ether oxygens (including phenoxy) is 1. The third-order valence-corrected chi connectivity index (χ3v) is 0.808. The van der Waals surface area contributed by atoms with E-state index in [2.05, 4.69) is 10.1 Å². The lowest BCUT2D eigenvalue weighted by molar-refractivity contribution is 0.171. The van der Waals surface area contributed by atoms with E-state index in [4.69, 9.17) is 5.73 Å². The van der Waals surface area contributed by atoms with Gasteiger partial charge < -0.3 is 10.1 Å². The van der Waals surface area contributed by atoms with Gasteiger partial charge in [0.1, 0.15) is 0 Å². The number of hydrogen-bond acceptors (Lipinski definition) is 2. The molecule has 2 N–H and O–H groups in total. The fraction of sp³-hybridized carbons (Fsp3) is 0.800. The summed E-state index contributed by atoms with van der Waals surface area (Å²) in [5.41, 5.74) is 6.71. The standard InChI is InChI=1S/C5H11N2O2/c1-9-5(8)7-4-2-3-6/h6H,2-4H2,1H3,(H,7,8). The maximum Gasteiger partial charge on any atom is 0.406 e. The summed E-state index contributed by atoms with van der Waals surface area (Å²) in [4.78, 5) is 10.3. The number of nitrogens with one attached hydrogen (secondary N) is 2. The van der Waals surface area contributed by atoms with E-state index in [1.54, 1.807) is 0 Å². The van der Waals surface area contributed by atoms with Crippen LogP contribution in [-0.4, -0.2) is 26.3 Å². The summed E-state index contributed by atoms with van der Waals surface area (Å²) >= 11 is 0. The molecule has 0 fully saturated rings. The van der Waals surface area contributed by atoms with Crippen LogP contribution in [0.5, 0.6) is 0 Å². The molecule has 0 saturated carbocycles. The van der Waals surface area contributed by atoms with E-state index >= 15 is 0 Å². The molecule has 0 aromatic rings.